The number of amides is 2. The van der Waals surface area contributed by atoms with Crippen LogP contribution >= 0.6 is 0 Å². The number of alkyl halides is 3. The Hall–Kier alpha value is -4.21. The number of nitrogens with one attached hydrogen (secondary N) is 2. The average molecular weight is 424 g/mol. The molecule has 10 heteroatoms. The number of hydrogen-bond donors (Lipinski definition) is 3. The minimum absolute atomic E-state index is 0.0773. The number of aromatic amines is 1. The standard InChI is InChI=1S/C21H15F3N6O/c22-21(23,24)15-9-5-4-8-14(15)17-13(12-6-2-1-3-7-12)10-11-16(26-20(25)31)18(17)19-27-29-30-28-19/h1-11H,(H3,25,26,31)(H,27,28,29,30). The molecule has 0 unspecified atom stereocenters. The molecule has 1 aromatic heterocycles. The summed E-state index contributed by atoms with van der Waals surface area (Å²) in [6.07, 6.45) is -4.62. The van der Waals surface area contributed by atoms with Crippen molar-refractivity contribution in [3.63, 3.8) is 0 Å². The summed E-state index contributed by atoms with van der Waals surface area (Å²) in [5, 5.41) is 16.0. The highest BCUT2D eigenvalue weighted by atomic mass is 19.4. The normalized spacial score (nSPS) is 11.3. The van der Waals surface area contributed by atoms with E-state index in [1.165, 1.54) is 18.2 Å². The van der Waals surface area contributed by atoms with Crippen LogP contribution in [0, 0.1) is 0 Å². The van der Waals surface area contributed by atoms with Crippen LogP contribution < -0.4 is 11.1 Å². The number of primary amides is 1. The van der Waals surface area contributed by atoms with Crippen molar-refractivity contribution in [2.24, 2.45) is 5.73 Å². The Labute approximate surface area is 174 Å². The van der Waals surface area contributed by atoms with Crippen molar-refractivity contribution in [3.8, 4) is 33.6 Å². The molecule has 0 spiro atoms. The Kier molecular flexibility index (Phi) is 5.12. The Bertz CT molecular complexity index is 1220. The van der Waals surface area contributed by atoms with E-state index in [1.807, 2.05) is 0 Å². The summed E-state index contributed by atoms with van der Waals surface area (Å²) in [4.78, 5) is 11.6. The van der Waals surface area contributed by atoms with E-state index in [1.54, 1.807) is 42.5 Å². The van der Waals surface area contributed by atoms with Gasteiger partial charge in [0.1, 0.15) is 0 Å². The number of halogens is 3. The first-order valence-corrected chi connectivity index (χ1v) is 9.06. The van der Waals surface area contributed by atoms with Crippen LogP contribution in [0.25, 0.3) is 33.6 Å². The Balaban J connectivity index is 2.15. The second-order valence-electron chi connectivity index (χ2n) is 6.56. The molecule has 0 saturated carbocycles. The zero-order chi connectivity index (χ0) is 22.0. The van der Waals surface area contributed by atoms with Gasteiger partial charge in [-0.2, -0.15) is 13.2 Å². The third-order valence-electron chi connectivity index (χ3n) is 4.63. The Morgan fingerprint density at radius 3 is 2.26 bits per heavy atom. The maximum absolute atomic E-state index is 13.9. The fourth-order valence-corrected chi connectivity index (χ4v) is 3.44. The predicted molar refractivity (Wildman–Crippen MR) is 109 cm³/mol. The number of rotatable bonds is 4. The quantitative estimate of drug-likeness (QED) is 0.441. The number of aromatic nitrogens is 4. The van der Waals surface area contributed by atoms with Crippen LogP contribution in [0.2, 0.25) is 0 Å². The van der Waals surface area contributed by atoms with Crippen LogP contribution in [0.15, 0.2) is 66.7 Å². The third kappa shape index (κ3) is 3.95. The molecule has 0 radical (unpaired) electrons. The Morgan fingerprint density at radius 2 is 1.61 bits per heavy atom. The highest BCUT2D eigenvalue weighted by Gasteiger charge is 2.35. The van der Waals surface area contributed by atoms with E-state index in [0.29, 0.717) is 11.1 Å². The van der Waals surface area contributed by atoms with Gasteiger partial charge in [-0.25, -0.2) is 9.89 Å². The lowest BCUT2D eigenvalue weighted by molar-refractivity contribution is -0.137. The van der Waals surface area contributed by atoms with Gasteiger partial charge < -0.3 is 11.1 Å². The Morgan fingerprint density at radius 1 is 0.903 bits per heavy atom. The monoisotopic (exact) mass is 424 g/mol. The first-order chi connectivity index (χ1) is 14.9. The van der Waals surface area contributed by atoms with E-state index >= 15 is 0 Å². The van der Waals surface area contributed by atoms with Crippen molar-refractivity contribution in [2.45, 2.75) is 6.18 Å². The van der Waals surface area contributed by atoms with Crippen LogP contribution in [0.3, 0.4) is 0 Å². The molecule has 2 amide bonds. The molecule has 4 rings (SSSR count). The number of urea groups is 1. The number of benzene rings is 3. The summed E-state index contributed by atoms with van der Waals surface area (Å²) in [6.45, 7) is 0. The van der Waals surface area contributed by atoms with Crippen molar-refractivity contribution in [1.82, 2.24) is 20.6 Å². The summed E-state index contributed by atoms with van der Waals surface area (Å²) < 4.78 is 41.7. The molecule has 0 bridgehead atoms. The molecule has 0 aliphatic carbocycles. The molecule has 0 fully saturated rings. The summed E-state index contributed by atoms with van der Waals surface area (Å²) in [6, 6.07) is 16.4. The van der Waals surface area contributed by atoms with Gasteiger partial charge in [-0.15, -0.1) is 5.10 Å². The maximum atomic E-state index is 13.9. The summed E-state index contributed by atoms with van der Waals surface area (Å²) in [5.74, 6) is 0.0773. The number of tetrazole rings is 1. The molecule has 4 aromatic rings. The van der Waals surface area contributed by atoms with Gasteiger partial charge in [0.25, 0.3) is 0 Å². The molecule has 1 heterocycles. The van der Waals surface area contributed by atoms with Crippen LogP contribution in [0.4, 0.5) is 23.7 Å². The van der Waals surface area contributed by atoms with Crippen LogP contribution in [0.1, 0.15) is 5.56 Å². The number of carbonyl (C=O) groups excluding carboxylic acids is 1. The number of nitrogens with two attached hydrogens (primary N) is 1. The van der Waals surface area contributed by atoms with Gasteiger partial charge in [0.2, 0.25) is 0 Å². The van der Waals surface area contributed by atoms with Crippen LogP contribution in [-0.2, 0) is 6.18 Å². The SMILES string of the molecule is NC(=O)Nc1ccc(-c2ccccc2)c(-c2ccccc2C(F)(F)F)c1-c1nnn[nH]1. The molecular formula is C21H15F3N6O. The van der Waals surface area contributed by atoms with Crippen molar-refractivity contribution in [1.29, 1.82) is 0 Å². The van der Waals surface area contributed by atoms with E-state index in [0.717, 1.165) is 6.07 Å². The fraction of sp³-hybridized carbons (Fsp3) is 0.0476. The van der Waals surface area contributed by atoms with E-state index in [4.69, 9.17) is 5.73 Å². The zero-order valence-electron chi connectivity index (χ0n) is 15.8. The first kappa shape index (κ1) is 20.1. The molecule has 156 valence electrons. The summed E-state index contributed by atoms with van der Waals surface area (Å²) in [5.41, 5.74) is 6.09. The molecule has 31 heavy (non-hydrogen) atoms. The number of H-pyrrole nitrogens is 1. The largest absolute Gasteiger partial charge is 0.417 e. The number of nitrogens with zero attached hydrogens (tertiary/aromatic N) is 3. The average Bonchev–Trinajstić information content (AvgIpc) is 3.27. The van der Waals surface area contributed by atoms with Crippen molar-refractivity contribution in [2.75, 3.05) is 5.32 Å². The molecule has 3 aromatic carbocycles. The van der Waals surface area contributed by atoms with Crippen LogP contribution in [0.5, 0.6) is 0 Å². The van der Waals surface area contributed by atoms with Gasteiger partial charge in [-0.3, -0.25) is 0 Å². The first-order valence-electron chi connectivity index (χ1n) is 9.06. The number of anilines is 1. The molecule has 4 N–H and O–H groups in total. The lowest BCUT2D eigenvalue weighted by atomic mass is 9.86. The summed E-state index contributed by atoms with van der Waals surface area (Å²) in [7, 11) is 0. The van der Waals surface area contributed by atoms with Gasteiger partial charge in [-0.05, 0) is 39.2 Å². The van der Waals surface area contributed by atoms with Gasteiger partial charge in [0, 0.05) is 5.56 Å². The van der Waals surface area contributed by atoms with Crippen molar-refractivity contribution < 1.29 is 18.0 Å². The van der Waals surface area contributed by atoms with Crippen LogP contribution in [-0.4, -0.2) is 26.7 Å². The minimum atomic E-state index is -4.62. The molecule has 0 atom stereocenters. The summed E-state index contributed by atoms with van der Waals surface area (Å²) >= 11 is 0. The maximum Gasteiger partial charge on any atom is 0.417 e. The van der Waals surface area contributed by atoms with E-state index in [-0.39, 0.29) is 28.2 Å². The minimum Gasteiger partial charge on any atom is -0.351 e. The lowest BCUT2D eigenvalue weighted by Gasteiger charge is -2.21. The zero-order valence-corrected chi connectivity index (χ0v) is 15.8. The fourth-order valence-electron chi connectivity index (χ4n) is 3.44. The van der Waals surface area contributed by atoms with E-state index in [2.05, 4.69) is 25.9 Å². The second kappa shape index (κ2) is 7.90. The van der Waals surface area contributed by atoms with E-state index < -0.39 is 17.8 Å². The molecular weight excluding hydrogens is 409 g/mol. The van der Waals surface area contributed by atoms with E-state index in [9.17, 15) is 18.0 Å². The lowest BCUT2D eigenvalue weighted by Crippen LogP contribution is -2.20. The predicted octanol–water partition coefficient (Wildman–Crippen LogP) is 4.71. The molecule has 0 aliphatic heterocycles. The van der Waals surface area contributed by atoms with Gasteiger partial charge in [-0.1, -0.05) is 54.6 Å². The number of hydrogen-bond acceptors (Lipinski definition) is 4. The van der Waals surface area contributed by atoms with Gasteiger partial charge in [0.15, 0.2) is 5.82 Å². The third-order valence-corrected chi connectivity index (χ3v) is 4.63. The number of carbonyl (C=O) groups is 1. The molecule has 0 saturated heterocycles. The second-order valence-corrected chi connectivity index (χ2v) is 6.56. The van der Waals surface area contributed by atoms with Gasteiger partial charge >= 0.3 is 12.2 Å². The molecule has 0 aliphatic rings. The molecule has 7 nitrogen and oxygen atoms in total. The smallest absolute Gasteiger partial charge is 0.351 e. The topological polar surface area (TPSA) is 110 Å². The van der Waals surface area contributed by atoms with Gasteiger partial charge in [0.05, 0.1) is 16.8 Å². The highest BCUT2D eigenvalue weighted by molar-refractivity contribution is 6.03. The van der Waals surface area contributed by atoms with Crippen molar-refractivity contribution >= 4 is 11.7 Å². The highest BCUT2D eigenvalue weighted by Crippen LogP contribution is 2.47. The van der Waals surface area contributed by atoms with Crippen molar-refractivity contribution in [3.05, 3.63) is 72.3 Å².